The smallest absolute Gasteiger partial charge is 0.209 e. The Morgan fingerprint density at radius 3 is 2.32 bits per heavy atom. The molecule has 0 bridgehead atoms. The number of halogens is 1. The van der Waals surface area contributed by atoms with Gasteiger partial charge in [0, 0.05) is 37.2 Å². The van der Waals surface area contributed by atoms with Gasteiger partial charge in [0.15, 0.2) is 0 Å². The number of primary sulfonamides is 1. The quantitative estimate of drug-likeness (QED) is 0.852. The van der Waals surface area contributed by atoms with Crippen LogP contribution in [-0.4, -0.2) is 56.7 Å². The fraction of sp³-hybridized carbons (Fsp3) is 0.600. The van der Waals surface area contributed by atoms with Crippen LogP contribution in [0.4, 0.5) is 0 Å². The molecule has 2 N–H and O–H groups in total. The van der Waals surface area contributed by atoms with E-state index >= 15 is 0 Å². The molecular weight excluding hydrogens is 322 g/mol. The zero-order valence-corrected chi connectivity index (χ0v) is 14.5. The van der Waals surface area contributed by atoms with Crippen LogP contribution in [0.5, 0.6) is 0 Å². The fourth-order valence-corrected chi connectivity index (χ4v) is 3.47. The van der Waals surface area contributed by atoms with Gasteiger partial charge in [-0.25, -0.2) is 13.6 Å². The molecule has 0 saturated carbocycles. The van der Waals surface area contributed by atoms with Crippen molar-refractivity contribution in [1.29, 1.82) is 0 Å². The van der Waals surface area contributed by atoms with E-state index in [-0.39, 0.29) is 5.75 Å². The van der Waals surface area contributed by atoms with Gasteiger partial charge in [-0.05, 0) is 37.6 Å². The molecule has 124 valence electrons. The summed E-state index contributed by atoms with van der Waals surface area (Å²) >= 11 is 5.93. The van der Waals surface area contributed by atoms with Gasteiger partial charge in [0.25, 0.3) is 0 Å². The van der Waals surface area contributed by atoms with Crippen molar-refractivity contribution in [3.63, 3.8) is 0 Å². The molecule has 1 saturated heterocycles. The molecule has 1 aromatic rings. The van der Waals surface area contributed by atoms with Crippen molar-refractivity contribution in [3.05, 3.63) is 34.9 Å². The lowest BCUT2D eigenvalue weighted by Crippen LogP contribution is -2.47. The third-order valence-corrected chi connectivity index (χ3v) is 5.32. The van der Waals surface area contributed by atoms with Crippen LogP contribution in [0, 0.1) is 0 Å². The number of benzene rings is 1. The van der Waals surface area contributed by atoms with Crippen LogP contribution in [0.3, 0.4) is 0 Å². The van der Waals surface area contributed by atoms with Gasteiger partial charge in [-0.1, -0.05) is 23.7 Å². The molecule has 0 radical (unpaired) electrons. The van der Waals surface area contributed by atoms with Crippen molar-refractivity contribution in [2.75, 3.05) is 38.5 Å². The van der Waals surface area contributed by atoms with Crippen LogP contribution in [0.1, 0.15) is 24.9 Å². The van der Waals surface area contributed by atoms with Gasteiger partial charge in [0.1, 0.15) is 0 Å². The van der Waals surface area contributed by atoms with Crippen LogP contribution >= 0.6 is 11.6 Å². The molecule has 1 fully saturated rings. The Hall–Kier alpha value is -0.660. The van der Waals surface area contributed by atoms with Gasteiger partial charge in [0.2, 0.25) is 10.0 Å². The van der Waals surface area contributed by atoms with Crippen LogP contribution in [0.15, 0.2) is 24.3 Å². The zero-order valence-electron chi connectivity index (χ0n) is 12.9. The van der Waals surface area contributed by atoms with Crippen LogP contribution in [0.2, 0.25) is 5.02 Å². The van der Waals surface area contributed by atoms with E-state index in [4.69, 9.17) is 16.7 Å². The van der Waals surface area contributed by atoms with E-state index < -0.39 is 10.0 Å². The topological polar surface area (TPSA) is 66.6 Å². The van der Waals surface area contributed by atoms with Gasteiger partial charge in [-0.2, -0.15) is 0 Å². The first-order chi connectivity index (χ1) is 10.3. The monoisotopic (exact) mass is 345 g/mol. The summed E-state index contributed by atoms with van der Waals surface area (Å²) in [5, 5.41) is 5.78. The maximum absolute atomic E-state index is 10.9. The Labute approximate surface area is 138 Å². The summed E-state index contributed by atoms with van der Waals surface area (Å²) in [6, 6.07) is 8.37. The summed E-state index contributed by atoms with van der Waals surface area (Å²) in [5.74, 6) is 0.0639. The lowest BCUT2D eigenvalue weighted by Gasteiger charge is -2.38. The highest BCUT2D eigenvalue weighted by atomic mass is 35.5. The van der Waals surface area contributed by atoms with Gasteiger partial charge < -0.3 is 4.90 Å². The summed E-state index contributed by atoms with van der Waals surface area (Å²) in [4.78, 5) is 4.75. The van der Waals surface area contributed by atoms with E-state index in [2.05, 4.69) is 28.9 Å². The second-order valence-electron chi connectivity index (χ2n) is 5.83. The van der Waals surface area contributed by atoms with Gasteiger partial charge in [0.05, 0.1) is 5.75 Å². The molecule has 0 aliphatic carbocycles. The highest BCUT2D eigenvalue weighted by Gasteiger charge is 2.21. The normalized spacial score (nSPS) is 19.2. The number of hydrogen-bond donors (Lipinski definition) is 1. The fourth-order valence-electron chi connectivity index (χ4n) is 2.82. The molecule has 7 heteroatoms. The average Bonchev–Trinajstić information content (AvgIpc) is 2.47. The lowest BCUT2D eigenvalue weighted by atomic mass is 10.1. The highest BCUT2D eigenvalue weighted by Crippen LogP contribution is 2.23. The molecule has 1 aliphatic rings. The zero-order chi connectivity index (χ0) is 16.2. The molecule has 1 aliphatic heterocycles. The summed E-state index contributed by atoms with van der Waals surface area (Å²) in [5.41, 5.74) is 1.27. The van der Waals surface area contributed by atoms with Crippen molar-refractivity contribution in [2.45, 2.75) is 19.4 Å². The van der Waals surface area contributed by atoms with Crippen molar-refractivity contribution < 1.29 is 8.42 Å². The van der Waals surface area contributed by atoms with Gasteiger partial charge in [-0.15, -0.1) is 0 Å². The molecule has 22 heavy (non-hydrogen) atoms. The van der Waals surface area contributed by atoms with Crippen molar-refractivity contribution in [2.24, 2.45) is 5.14 Å². The standard InChI is InChI=1S/C15H24ClN3O2S/c1-13(14-3-5-15(16)6-4-14)19-10-8-18(9-11-19)7-2-12-22(17,20)21/h3-6,13H,2,7-12H2,1H3,(H2,17,20,21). The molecule has 5 nitrogen and oxygen atoms in total. The lowest BCUT2D eigenvalue weighted by molar-refractivity contribution is 0.102. The predicted octanol–water partition coefficient (Wildman–Crippen LogP) is 1.70. The van der Waals surface area contributed by atoms with Gasteiger partial charge in [-0.3, -0.25) is 4.90 Å². The average molecular weight is 346 g/mol. The third-order valence-electron chi connectivity index (χ3n) is 4.21. The Balaban J connectivity index is 1.78. The van der Waals surface area contributed by atoms with Crippen molar-refractivity contribution in [3.8, 4) is 0 Å². The van der Waals surface area contributed by atoms with E-state index in [0.717, 1.165) is 37.7 Å². The number of hydrogen-bond acceptors (Lipinski definition) is 4. The van der Waals surface area contributed by atoms with Crippen molar-refractivity contribution in [1.82, 2.24) is 9.80 Å². The van der Waals surface area contributed by atoms with E-state index in [0.29, 0.717) is 12.5 Å². The Morgan fingerprint density at radius 2 is 1.77 bits per heavy atom. The summed E-state index contributed by atoms with van der Waals surface area (Å²) in [6.45, 7) is 6.89. The Morgan fingerprint density at radius 1 is 1.18 bits per heavy atom. The molecule has 1 atom stereocenters. The molecule has 1 aromatic carbocycles. The van der Waals surface area contributed by atoms with Crippen molar-refractivity contribution >= 4 is 21.6 Å². The highest BCUT2D eigenvalue weighted by molar-refractivity contribution is 7.89. The second-order valence-corrected chi connectivity index (χ2v) is 8.00. The Bertz CT molecular complexity index is 569. The van der Waals surface area contributed by atoms with E-state index in [1.807, 2.05) is 12.1 Å². The first-order valence-electron chi connectivity index (χ1n) is 7.57. The molecule has 2 rings (SSSR count). The second kappa shape index (κ2) is 7.75. The van der Waals surface area contributed by atoms with E-state index in [9.17, 15) is 8.42 Å². The first-order valence-corrected chi connectivity index (χ1v) is 9.67. The molecule has 0 spiro atoms. The molecule has 1 heterocycles. The number of piperazine rings is 1. The molecular formula is C15H24ClN3O2S. The largest absolute Gasteiger partial charge is 0.301 e. The predicted molar refractivity (Wildman–Crippen MR) is 90.5 cm³/mol. The molecule has 0 aromatic heterocycles. The third kappa shape index (κ3) is 5.52. The van der Waals surface area contributed by atoms with Crippen LogP contribution in [0.25, 0.3) is 0 Å². The number of sulfonamides is 1. The van der Waals surface area contributed by atoms with Crippen LogP contribution in [-0.2, 0) is 10.0 Å². The first kappa shape index (κ1) is 17.7. The van der Waals surface area contributed by atoms with Crippen LogP contribution < -0.4 is 5.14 Å². The summed E-state index contributed by atoms with van der Waals surface area (Å²) < 4.78 is 21.9. The van der Waals surface area contributed by atoms with E-state index in [1.54, 1.807) is 0 Å². The summed E-state index contributed by atoms with van der Waals surface area (Å²) in [6.07, 6.45) is 0.603. The van der Waals surface area contributed by atoms with Gasteiger partial charge >= 0.3 is 0 Å². The molecule has 0 amide bonds. The SMILES string of the molecule is CC(c1ccc(Cl)cc1)N1CCN(CCCS(N)(=O)=O)CC1. The molecule has 1 unspecified atom stereocenters. The number of nitrogens with zero attached hydrogens (tertiary/aromatic N) is 2. The Kier molecular flexibility index (Phi) is 6.23. The number of nitrogens with two attached hydrogens (primary N) is 1. The number of rotatable bonds is 6. The van der Waals surface area contributed by atoms with E-state index in [1.165, 1.54) is 5.56 Å². The summed E-state index contributed by atoms with van der Waals surface area (Å²) in [7, 11) is -3.34. The minimum Gasteiger partial charge on any atom is -0.301 e. The minimum atomic E-state index is -3.34. The minimum absolute atomic E-state index is 0.0639. The maximum Gasteiger partial charge on any atom is 0.209 e. The maximum atomic E-state index is 10.9.